The molecule has 0 saturated carbocycles. The highest BCUT2D eigenvalue weighted by molar-refractivity contribution is 5.92. The molecule has 6 heteroatoms. The average molecular weight is 390 g/mol. The summed E-state index contributed by atoms with van der Waals surface area (Å²) in [4.78, 5) is 27.0. The van der Waals surface area contributed by atoms with Crippen LogP contribution in [0.4, 0.5) is 5.69 Å². The zero-order valence-electron chi connectivity index (χ0n) is 16.7. The maximum absolute atomic E-state index is 11.3. The molecule has 3 aromatic rings. The smallest absolute Gasteiger partial charge is 0.336 e. The van der Waals surface area contributed by atoms with Crippen molar-refractivity contribution >= 4 is 23.8 Å². The molecule has 0 aliphatic rings. The zero-order valence-corrected chi connectivity index (χ0v) is 16.7. The molecule has 0 fully saturated rings. The number of benzene rings is 2. The summed E-state index contributed by atoms with van der Waals surface area (Å²) in [5.41, 5.74) is 6.35. The molecule has 0 unspecified atom stereocenters. The first-order valence-corrected chi connectivity index (χ1v) is 9.11. The molecule has 29 heavy (non-hydrogen) atoms. The van der Waals surface area contributed by atoms with Gasteiger partial charge in [-0.3, -0.25) is 4.99 Å². The second-order valence-corrected chi connectivity index (χ2v) is 6.98. The Labute approximate surface area is 168 Å². The van der Waals surface area contributed by atoms with Crippen LogP contribution >= 0.6 is 0 Å². The molecule has 0 bridgehead atoms. The lowest BCUT2D eigenvalue weighted by molar-refractivity contribution is 0.0685. The number of aliphatic imine (C=N–C) groups is 1. The third-order valence-electron chi connectivity index (χ3n) is 5.03. The van der Waals surface area contributed by atoms with Crippen LogP contribution in [-0.2, 0) is 0 Å². The Morgan fingerprint density at radius 3 is 2.31 bits per heavy atom. The Balaban J connectivity index is 2.01. The average Bonchev–Trinajstić information content (AvgIpc) is 2.94. The Kier molecular flexibility index (Phi) is 5.37. The van der Waals surface area contributed by atoms with E-state index in [2.05, 4.69) is 9.56 Å². The van der Waals surface area contributed by atoms with E-state index >= 15 is 0 Å². The van der Waals surface area contributed by atoms with Gasteiger partial charge in [-0.2, -0.15) is 0 Å². The maximum Gasteiger partial charge on any atom is 0.336 e. The van der Waals surface area contributed by atoms with Crippen LogP contribution in [0.25, 0.3) is 5.69 Å². The third kappa shape index (κ3) is 3.82. The van der Waals surface area contributed by atoms with E-state index in [-0.39, 0.29) is 11.1 Å². The number of hydrogen-bond donors (Lipinski definition) is 2. The molecule has 0 radical (unpaired) electrons. The van der Waals surface area contributed by atoms with Gasteiger partial charge in [0.2, 0.25) is 0 Å². The number of carboxylic acid groups (broad SMARTS) is 2. The minimum atomic E-state index is -0.974. The first kappa shape index (κ1) is 20.1. The number of carbonyl (C=O) groups is 2. The predicted molar refractivity (Wildman–Crippen MR) is 112 cm³/mol. The third-order valence-corrected chi connectivity index (χ3v) is 5.03. The van der Waals surface area contributed by atoms with Crippen LogP contribution in [0.1, 0.15) is 48.8 Å². The van der Waals surface area contributed by atoms with Crippen molar-refractivity contribution in [2.24, 2.45) is 4.99 Å². The Morgan fingerprint density at radius 1 is 0.966 bits per heavy atom. The van der Waals surface area contributed by atoms with Crippen molar-refractivity contribution in [2.75, 3.05) is 0 Å². The van der Waals surface area contributed by atoms with Crippen molar-refractivity contribution in [1.29, 1.82) is 0 Å². The topological polar surface area (TPSA) is 91.9 Å². The fourth-order valence-corrected chi connectivity index (χ4v) is 3.46. The van der Waals surface area contributed by atoms with Crippen LogP contribution in [-0.4, -0.2) is 32.9 Å². The molecule has 2 N–H and O–H groups in total. The van der Waals surface area contributed by atoms with E-state index in [1.54, 1.807) is 49.5 Å². The SMILES string of the molecule is Cc1cc(C(=O)O)ccc1-n1c(C)cc(C=Nc2cccc(C(=O)O)c2C)c1C. The fraction of sp³-hybridized carbons (Fsp3) is 0.174. The monoisotopic (exact) mass is 390 g/mol. The van der Waals surface area contributed by atoms with Gasteiger partial charge < -0.3 is 14.8 Å². The van der Waals surface area contributed by atoms with Crippen molar-refractivity contribution < 1.29 is 19.8 Å². The van der Waals surface area contributed by atoms with Gasteiger partial charge in [-0.25, -0.2) is 9.59 Å². The minimum absolute atomic E-state index is 0.235. The van der Waals surface area contributed by atoms with Gasteiger partial charge in [-0.15, -0.1) is 0 Å². The van der Waals surface area contributed by atoms with E-state index in [0.717, 1.165) is 28.2 Å². The van der Waals surface area contributed by atoms with Gasteiger partial charge in [-0.1, -0.05) is 6.07 Å². The predicted octanol–water partition coefficient (Wildman–Crippen LogP) is 4.86. The first-order chi connectivity index (χ1) is 13.7. The molecule has 0 spiro atoms. The van der Waals surface area contributed by atoms with Gasteiger partial charge in [0.1, 0.15) is 0 Å². The lowest BCUT2D eigenvalue weighted by Crippen LogP contribution is -2.04. The van der Waals surface area contributed by atoms with Crippen LogP contribution in [0.2, 0.25) is 0 Å². The van der Waals surface area contributed by atoms with Gasteiger partial charge in [0.25, 0.3) is 0 Å². The van der Waals surface area contributed by atoms with Crippen LogP contribution < -0.4 is 0 Å². The Hall–Kier alpha value is -3.67. The number of aromatic carboxylic acids is 2. The number of rotatable bonds is 5. The van der Waals surface area contributed by atoms with Gasteiger partial charge in [0.05, 0.1) is 16.8 Å². The van der Waals surface area contributed by atoms with Crippen molar-refractivity contribution in [1.82, 2.24) is 4.57 Å². The van der Waals surface area contributed by atoms with Gasteiger partial charge in [0, 0.05) is 28.9 Å². The van der Waals surface area contributed by atoms with Gasteiger partial charge >= 0.3 is 11.9 Å². The molecular weight excluding hydrogens is 368 g/mol. The number of nitrogens with zero attached hydrogens (tertiary/aromatic N) is 2. The fourth-order valence-electron chi connectivity index (χ4n) is 3.46. The molecular formula is C23H22N2O4. The van der Waals surface area contributed by atoms with Crippen molar-refractivity contribution in [3.63, 3.8) is 0 Å². The maximum atomic E-state index is 11.3. The van der Waals surface area contributed by atoms with Crippen LogP contribution in [0.15, 0.2) is 47.5 Å². The molecule has 1 heterocycles. The molecule has 0 saturated heterocycles. The molecule has 0 amide bonds. The van der Waals surface area contributed by atoms with Crippen LogP contribution in [0.3, 0.4) is 0 Å². The van der Waals surface area contributed by atoms with Crippen molar-refractivity contribution in [2.45, 2.75) is 27.7 Å². The highest BCUT2D eigenvalue weighted by Gasteiger charge is 2.14. The molecule has 0 aliphatic carbocycles. The molecule has 0 atom stereocenters. The van der Waals surface area contributed by atoms with E-state index < -0.39 is 11.9 Å². The summed E-state index contributed by atoms with van der Waals surface area (Å²) in [6, 6.07) is 12.1. The van der Waals surface area contributed by atoms with Gasteiger partial charge in [0.15, 0.2) is 0 Å². The van der Waals surface area contributed by atoms with E-state index in [0.29, 0.717) is 11.3 Å². The summed E-state index contributed by atoms with van der Waals surface area (Å²) >= 11 is 0. The van der Waals surface area contributed by atoms with E-state index in [1.807, 2.05) is 26.8 Å². The lowest BCUT2D eigenvalue weighted by atomic mass is 10.1. The van der Waals surface area contributed by atoms with E-state index in [1.165, 1.54) is 0 Å². The van der Waals surface area contributed by atoms with E-state index in [4.69, 9.17) is 0 Å². The zero-order chi connectivity index (χ0) is 21.3. The van der Waals surface area contributed by atoms with Crippen molar-refractivity contribution in [3.8, 4) is 5.69 Å². The van der Waals surface area contributed by atoms with Crippen molar-refractivity contribution in [3.05, 3.63) is 81.7 Å². The summed E-state index contributed by atoms with van der Waals surface area (Å²) in [7, 11) is 0. The first-order valence-electron chi connectivity index (χ1n) is 9.11. The Bertz CT molecular complexity index is 1160. The standard InChI is InChI=1S/C23H22N2O4/c1-13-10-17(22(26)27)8-9-21(13)25-14(2)11-18(16(25)4)12-24-20-7-5-6-19(15(20)3)23(28)29/h5-12H,1-4H3,(H,26,27)(H,28,29). The summed E-state index contributed by atoms with van der Waals surface area (Å²) in [6.07, 6.45) is 1.73. The van der Waals surface area contributed by atoms with Crippen LogP contribution in [0.5, 0.6) is 0 Å². The second kappa shape index (κ2) is 7.75. The highest BCUT2D eigenvalue weighted by Crippen LogP contribution is 2.25. The molecule has 148 valence electrons. The molecule has 2 aromatic carbocycles. The molecule has 6 nitrogen and oxygen atoms in total. The summed E-state index contributed by atoms with van der Waals surface area (Å²) in [5.74, 6) is -1.93. The second-order valence-electron chi connectivity index (χ2n) is 6.98. The summed E-state index contributed by atoms with van der Waals surface area (Å²) in [5, 5.41) is 18.5. The van der Waals surface area contributed by atoms with E-state index in [9.17, 15) is 19.8 Å². The minimum Gasteiger partial charge on any atom is -0.478 e. The molecule has 3 rings (SSSR count). The molecule has 1 aromatic heterocycles. The summed E-state index contributed by atoms with van der Waals surface area (Å²) in [6.45, 7) is 7.58. The largest absolute Gasteiger partial charge is 0.478 e. The molecule has 0 aliphatic heterocycles. The number of carboxylic acids is 2. The number of hydrogen-bond acceptors (Lipinski definition) is 3. The number of aromatic nitrogens is 1. The number of aryl methyl sites for hydroxylation is 2. The lowest BCUT2D eigenvalue weighted by Gasteiger charge is -2.13. The van der Waals surface area contributed by atoms with Gasteiger partial charge in [-0.05, 0) is 75.2 Å². The Morgan fingerprint density at radius 2 is 1.69 bits per heavy atom. The summed E-state index contributed by atoms with van der Waals surface area (Å²) < 4.78 is 2.06. The quantitative estimate of drug-likeness (QED) is 0.609. The highest BCUT2D eigenvalue weighted by atomic mass is 16.4. The normalized spacial score (nSPS) is 11.2. The van der Waals surface area contributed by atoms with Crippen LogP contribution in [0, 0.1) is 27.7 Å².